The van der Waals surface area contributed by atoms with Gasteiger partial charge >= 0.3 is 6.03 Å². The van der Waals surface area contributed by atoms with Crippen molar-refractivity contribution in [3.63, 3.8) is 0 Å². The van der Waals surface area contributed by atoms with Crippen LogP contribution < -0.4 is 5.32 Å². The number of nitrogens with one attached hydrogen (secondary N) is 1. The average molecular weight is 237 g/mol. The van der Waals surface area contributed by atoms with E-state index in [4.69, 9.17) is 0 Å². The molecule has 1 atom stereocenters. The normalized spacial score (nSPS) is 18.2. The number of nitrogens with zero attached hydrogens (tertiary/aromatic N) is 2. The number of rotatable bonds is 4. The maximum atomic E-state index is 11.9. The summed E-state index contributed by atoms with van der Waals surface area (Å²) < 4.78 is 0. The zero-order valence-electron chi connectivity index (χ0n) is 10.9. The summed E-state index contributed by atoms with van der Waals surface area (Å²) in [5.41, 5.74) is 0. The molecule has 96 valence electrons. The summed E-state index contributed by atoms with van der Waals surface area (Å²) >= 11 is 0. The van der Waals surface area contributed by atoms with Crippen molar-refractivity contribution in [1.29, 1.82) is 5.26 Å². The van der Waals surface area contributed by atoms with E-state index in [0.717, 1.165) is 12.8 Å². The van der Waals surface area contributed by atoms with Gasteiger partial charge in [-0.15, -0.1) is 0 Å². The van der Waals surface area contributed by atoms with Gasteiger partial charge in [-0.3, -0.25) is 0 Å². The molecule has 1 aliphatic rings. The molecule has 17 heavy (non-hydrogen) atoms. The van der Waals surface area contributed by atoms with Crippen LogP contribution in [0.3, 0.4) is 0 Å². The Kier molecular flexibility index (Phi) is 5.82. The summed E-state index contributed by atoms with van der Waals surface area (Å²) in [4.78, 5) is 13.6. The third kappa shape index (κ3) is 3.92. The van der Waals surface area contributed by atoms with Crippen molar-refractivity contribution >= 4 is 6.03 Å². The Bertz CT molecular complexity index is 275. The number of nitriles is 1. The van der Waals surface area contributed by atoms with Gasteiger partial charge in [0.25, 0.3) is 0 Å². The van der Waals surface area contributed by atoms with Crippen LogP contribution in [0.25, 0.3) is 0 Å². The van der Waals surface area contributed by atoms with Crippen molar-refractivity contribution in [3.8, 4) is 6.07 Å². The first-order valence-corrected chi connectivity index (χ1v) is 6.68. The summed E-state index contributed by atoms with van der Waals surface area (Å²) in [5, 5.41) is 12.0. The summed E-state index contributed by atoms with van der Waals surface area (Å²) in [6.07, 6.45) is 5.76. The zero-order chi connectivity index (χ0) is 12.7. The molecule has 0 aromatic rings. The number of urea groups is 1. The first kappa shape index (κ1) is 13.8. The Hall–Kier alpha value is -1.24. The Balaban J connectivity index is 2.51. The Morgan fingerprint density at radius 3 is 2.41 bits per heavy atom. The molecule has 0 saturated heterocycles. The van der Waals surface area contributed by atoms with E-state index in [-0.39, 0.29) is 12.1 Å². The van der Waals surface area contributed by atoms with Crippen molar-refractivity contribution < 1.29 is 4.79 Å². The van der Waals surface area contributed by atoms with Crippen LogP contribution in [0.2, 0.25) is 0 Å². The van der Waals surface area contributed by atoms with Crippen LogP contribution >= 0.6 is 0 Å². The molecule has 0 spiro atoms. The van der Waals surface area contributed by atoms with E-state index in [0.29, 0.717) is 19.0 Å². The predicted octanol–water partition coefficient (Wildman–Crippen LogP) is 2.51. The second-order valence-electron chi connectivity index (χ2n) is 4.63. The number of hydrogen-bond donors (Lipinski definition) is 1. The fourth-order valence-corrected chi connectivity index (χ4v) is 2.46. The van der Waals surface area contributed by atoms with E-state index < -0.39 is 0 Å². The minimum Gasteiger partial charge on any atom is -0.325 e. The molecular weight excluding hydrogens is 214 g/mol. The molecule has 2 amide bonds. The van der Waals surface area contributed by atoms with Crippen LogP contribution in [0.4, 0.5) is 4.79 Å². The molecule has 0 radical (unpaired) electrons. The quantitative estimate of drug-likeness (QED) is 0.816. The van der Waals surface area contributed by atoms with Crippen LogP contribution in [0.5, 0.6) is 0 Å². The van der Waals surface area contributed by atoms with E-state index in [1.165, 1.54) is 19.3 Å². The molecule has 1 N–H and O–H groups in total. The molecule has 0 aliphatic heterocycles. The topological polar surface area (TPSA) is 56.1 Å². The molecule has 0 heterocycles. The minimum atomic E-state index is -0.316. The molecule has 1 fully saturated rings. The number of hydrogen-bond acceptors (Lipinski definition) is 2. The van der Waals surface area contributed by atoms with Gasteiger partial charge in [0, 0.05) is 13.1 Å². The van der Waals surface area contributed by atoms with Gasteiger partial charge in [-0.1, -0.05) is 19.3 Å². The summed E-state index contributed by atoms with van der Waals surface area (Å²) in [7, 11) is 0. The second kappa shape index (κ2) is 7.16. The lowest BCUT2D eigenvalue weighted by molar-refractivity contribution is 0.194. The van der Waals surface area contributed by atoms with Crippen molar-refractivity contribution in [2.45, 2.75) is 52.0 Å². The van der Waals surface area contributed by atoms with Gasteiger partial charge in [-0.2, -0.15) is 5.26 Å². The van der Waals surface area contributed by atoms with Gasteiger partial charge in [-0.05, 0) is 32.6 Å². The van der Waals surface area contributed by atoms with Crippen LogP contribution in [0.1, 0.15) is 46.0 Å². The van der Waals surface area contributed by atoms with Crippen molar-refractivity contribution in [2.24, 2.45) is 5.92 Å². The molecular formula is C13H23N3O. The lowest BCUT2D eigenvalue weighted by atomic mass is 9.84. The van der Waals surface area contributed by atoms with E-state index >= 15 is 0 Å². The monoisotopic (exact) mass is 237 g/mol. The largest absolute Gasteiger partial charge is 0.325 e. The zero-order valence-corrected chi connectivity index (χ0v) is 10.9. The van der Waals surface area contributed by atoms with Gasteiger partial charge in [0.2, 0.25) is 0 Å². The standard InChI is InChI=1S/C13H23N3O/c1-3-16(4-2)13(17)15-12(10-14)11-8-6-5-7-9-11/h11-12H,3-9H2,1-2H3,(H,15,17). The minimum absolute atomic E-state index is 0.105. The Labute approximate surface area is 104 Å². The van der Waals surface area contributed by atoms with Gasteiger partial charge in [0.05, 0.1) is 6.07 Å². The summed E-state index contributed by atoms with van der Waals surface area (Å²) in [6, 6.07) is 1.83. The van der Waals surface area contributed by atoms with Crippen LogP contribution in [0, 0.1) is 17.2 Å². The molecule has 1 rings (SSSR count). The highest BCUT2D eigenvalue weighted by molar-refractivity contribution is 5.74. The highest BCUT2D eigenvalue weighted by Gasteiger charge is 2.25. The Morgan fingerprint density at radius 2 is 1.94 bits per heavy atom. The number of amides is 2. The molecule has 1 saturated carbocycles. The average Bonchev–Trinajstić information content (AvgIpc) is 2.38. The fourth-order valence-electron chi connectivity index (χ4n) is 2.46. The fraction of sp³-hybridized carbons (Fsp3) is 0.846. The number of carbonyl (C=O) groups excluding carboxylic acids is 1. The second-order valence-corrected chi connectivity index (χ2v) is 4.63. The van der Waals surface area contributed by atoms with E-state index in [1.807, 2.05) is 13.8 Å². The third-order valence-electron chi connectivity index (χ3n) is 3.59. The summed E-state index contributed by atoms with van der Waals surface area (Å²) in [5.74, 6) is 0.341. The molecule has 1 aliphatic carbocycles. The summed E-state index contributed by atoms with van der Waals surface area (Å²) in [6.45, 7) is 5.27. The van der Waals surface area contributed by atoms with Crippen molar-refractivity contribution in [1.82, 2.24) is 10.2 Å². The van der Waals surface area contributed by atoms with Crippen LogP contribution in [-0.4, -0.2) is 30.1 Å². The maximum absolute atomic E-state index is 11.9. The van der Waals surface area contributed by atoms with E-state index in [2.05, 4.69) is 11.4 Å². The molecule has 4 heteroatoms. The van der Waals surface area contributed by atoms with Crippen LogP contribution in [-0.2, 0) is 0 Å². The van der Waals surface area contributed by atoms with Gasteiger partial charge < -0.3 is 10.2 Å². The van der Waals surface area contributed by atoms with Crippen molar-refractivity contribution in [3.05, 3.63) is 0 Å². The molecule has 1 unspecified atom stereocenters. The predicted molar refractivity (Wildman–Crippen MR) is 67.4 cm³/mol. The smallest absolute Gasteiger partial charge is 0.318 e. The SMILES string of the molecule is CCN(CC)C(=O)NC(C#N)C1CCCCC1. The van der Waals surface area contributed by atoms with Crippen molar-refractivity contribution in [2.75, 3.05) is 13.1 Å². The van der Waals surface area contributed by atoms with Crippen LogP contribution in [0.15, 0.2) is 0 Å². The Morgan fingerprint density at radius 1 is 1.35 bits per heavy atom. The third-order valence-corrected chi connectivity index (χ3v) is 3.59. The highest BCUT2D eigenvalue weighted by Crippen LogP contribution is 2.26. The van der Waals surface area contributed by atoms with E-state index in [1.54, 1.807) is 4.90 Å². The molecule has 0 aromatic heterocycles. The van der Waals surface area contributed by atoms with Gasteiger partial charge in [-0.25, -0.2) is 4.79 Å². The lowest BCUT2D eigenvalue weighted by Crippen LogP contribution is -2.47. The van der Waals surface area contributed by atoms with Gasteiger partial charge in [0.15, 0.2) is 0 Å². The lowest BCUT2D eigenvalue weighted by Gasteiger charge is -2.28. The maximum Gasteiger partial charge on any atom is 0.318 e. The molecule has 0 bridgehead atoms. The highest BCUT2D eigenvalue weighted by atomic mass is 16.2. The van der Waals surface area contributed by atoms with Gasteiger partial charge in [0.1, 0.15) is 6.04 Å². The first-order valence-electron chi connectivity index (χ1n) is 6.68. The van der Waals surface area contributed by atoms with E-state index in [9.17, 15) is 10.1 Å². The first-order chi connectivity index (χ1) is 8.22. The molecule has 0 aromatic carbocycles. The molecule has 4 nitrogen and oxygen atoms in total. The number of carbonyl (C=O) groups is 1.